The van der Waals surface area contributed by atoms with Crippen molar-refractivity contribution >= 4 is 155 Å². The summed E-state index contributed by atoms with van der Waals surface area (Å²) >= 11 is 12.8. The van der Waals surface area contributed by atoms with Gasteiger partial charge in [-0.25, -0.2) is 14.2 Å². The van der Waals surface area contributed by atoms with Crippen molar-refractivity contribution in [2.75, 3.05) is 60.7 Å². The number of phosphoric ester groups is 1. The molecule has 0 amide bonds. The number of halogens is 6. The number of rotatable bonds is 16. The van der Waals surface area contributed by atoms with E-state index < -0.39 is 52.3 Å². The third-order valence-corrected chi connectivity index (χ3v) is 10.3. The monoisotopic (exact) mass is 1280 g/mol. The fourth-order valence-electron chi connectivity index (χ4n) is 2.81. The molecule has 2 aromatic carbocycles. The molecule has 0 bridgehead atoms. The lowest BCUT2D eigenvalue weighted by Gasteiger charge is -2.25. The minimum Gasteiger partial charge on any atom is -0.480 e. The summed E-state index contributed by atoms with van der Waals surface area (Å²) in [5.74, 6) is -0.411. The Bertz CT molecular complexity index is 1190. The smallest absolute Gasteiger partial charge is 0.472 e. The molecule has 1 N–H and O–H groups in total. The predicted octanol–water partition coefficient (Wildman–Crippen LogP) is 6.07. The van der Waals surface area contributed by atoms with Gasteiger partial charge in [-0.3, -0.25) is 9.05 Å². The number of ether oxygens (including phenoxy) is 4. The molecule has 42 heavy (non-hydrogen) atoms. The second-order valence-electron chi connectivity index (χ2n) is 9.38. The quantitative estimate of drug-likeness (QED) is 0.0918. The van der Waals surface area contributed by atoms with Crippen molar-refractivity contribution in [1.29, 1.82) is 0 Å². The highest BCUT2D eigenvalue weighted by atomic mass is 127. The van der Waals surface area contributed by atoms with Crippen LogP contribution in [0, 0.1) is 21.4 Å². The highest BCUT2D eigenvalue weighted by Crippen LogP contribution is 2.44. The first-order valence-corrected chi connectivity index (χ1v) is 19.7. The summed E-state index contributed by atoms with van der Waals surface area (Å²) in [5, 5.41) is 0. The van der Waals surface area contributed by atoms with Gasteiger partial charge in [-0.15, -0.1) is 0 Å². The van der Waals surface area contributed by atoms with Gasteiger partial charge < -0.3 is 28.3 Å². The lowest BCUT2D eigenvalue weighted by Crippen LogP contribution is -2.37. The fraction of sp³-hybridized carbons (Fsp3) is 0.417. The van der Waals surface area contributed by atoms with Crippen LogP contribution in [-0.2, 0) is 32.7 Å². The average molecular weight is 1280 g/mol. The summed E-state index contributed by atoms with van der Waals surface area (Å²) in [6.07, 6.45) is -1.30. The van der Waals surface area contributed by atoms with Crippen molar-refractivity contribution < 1.29 is 51.5 Å². The van der Waals surface area contributed by atoms with E-state index in [-0.39, 0.29) is 6.61 Å². The molecule has 1 unspecified atom stereocenters. The van der Waals surface area contributed by atoms with E-state index in [0.717, 1.165) is 21.4 Å². The zero-order valence-electron chi connectivity index (χ0n) is 22.4. The van der Waals surface area contributed by atoms with Crippen LogP contribution in [-0.4, -0.2) is 88.1 Å². The Morgan fingerprint density at radius 2 is 1.17 bits per heavy atom. The Labute approximate surface area is 326 Å². The Kier molecular flexibility index (Phi) is 17.6. The standard InChI is InChI=1S/C24H26I6NO10P/c1-31(2,3)4-5-40-42(34,35)41-16(10-36-21(32)12-38-23-17(27)6-14(25)7-18(23)28)11-37-22(33)13-39-24-19(29)8-15(26)9-20(24)30/h6-9,16H,4-5,10-13H2,1-3H3/p+1. The molecule has 18 heteroatoms. The second kappa shape index (κ2) is 18.7. The van der Waals surface area contributed by atoms with Gasteiger partial charge in [-0.05, 0) is 160 Å². The van der Waals surface area contributed by atoms with Crippen LogP contribution in [0.1, 0.15) is 0 Å². The van der Waals surface area contributed by atoms with Gasteiger partial charge in [-0.1, -0.05) is 0 Å². The van der Waals surface area contributed by atoms with Crippen molar-refractivity contribution in [3.63, 3.8) is 0 Å². The van der Waals surface area contributed by atoms with Crippen LogP contribution in [0.2, 0.25) is 0 Å². The molecule has 11 nitrogen and oxygen atoms in total. The first-order valence-electron chi connectivity index (χ1n) is 11.8. The minimum absolute atomic E-state index is 0.0637. The number of hydrogen-bond donors (Lipinski definition) is 1. The van der Waals surface area contributed by atoms with Gasteiger partial charge in [-0.2, -0.15) is 0 Å². The molecule has 0 aliphatic carbocycles. The number of carbonyl (C=O) groups excluding carboxylic acids is 2. The number of carbonyl (C=O) groups is 2. The number of phosphoric acid groups is 1. The van der Waals surface area contributed by atoms with Gasteiger partial charge in [0.2, 0.25) is 0 Å². The molecule has 234 valence electrons. The van der Waals surface area contributed by atoms with Crippen molar-refractivity contribution in [3.05, 3.63) is 45.7 Å². The van der Waals surface area contributed by atoms with E-state index in [1.165, 1.54) is 0 Å². The summed E-state index contributed by atoms with van der Waals surface area (Å²) in [7, 11) is 1.12. The first-order chi connectivity index (χ1) is 19.5. The Morgan fingerprint density at radius 1 is 0.786 bits per heavy atom. The Morgan fingerprint density at radius 3 is 1.52 bits per heavy atom. The van der Waals surface area contributed by atoms with E-state index in [4.69, 9.17) is 28.0 Å². The maximum Gasteiger partial charge on any atom is 0.472 e. The Hall–Kier alpha value is 1.43. The van der Waals surface area contributed by atoms with E-state index in [1.54, 1.807) is 0 Å². The highest BCUT2D eigenvalue weighted by molar-refractivity contribution is 14.1. The lowest BCUT2D eigenvalue weighted by molar-refractivity contribution is -0.870. The summed E-state index contributed by atoms with van der Waals surface area (Å²) in [4.78, 5) is 35.1. The van der Waals surface area contributed by atoms with Gasteiger partial charge >= 0.3 is 19.8 Å². The van der Waals surface area contributed by atoms with Gasteiger partial charge in [0.1, 0.15) is 44.0 Å². The highest BCUT2D eigenvalue weighted by Gasteiger charge is 2.30. The number of benzene rings is 2. The van der Waals surface area contributed by atoms with Gasteiger partial charge in [0.05, 0.1) is 35.4 Å². The number of quaternary nitrogens is 1. The fourth-order valence-corrected chi connectivity index (χ4v) is 11.5. The maximum absolute atomic E-state index is 12.6. The average Bonchev–Trinajstić information content (AvgIpc) is 2.83. The summed E-state index contributed by atoms with van der Waals surface area (Å²) < 4.78 is 50.5. The van der Waals surface area contributed by atoms with Crippen LogP contribution in [0.15, 0.2) is 24.3 Å². The van der Waals surface area contributed by atoms with Gasteiger partial charge in [0.25, 0.3) is 0 Å². The molecule has 0 saturated carbocycles. The molecule has 2 rings (SSSR count). The van der Waals surface area contributed by atoms with Crippen LogP contribution in [0.3, 0.4) is 0 Å². The lowest BCUT2D eigenvalue weighted by atomic mass is 10.3. The van der Waals surface area contributed by atoms with Crippen molar-refractivity contribution in [2.45, 2.75) is 6.10 Å². The molecule has 0 radical (unpaired) electrons. The van der Waals surface area contributed by atoms with Gasteiger partial charge in [0.15, 0.2) is 13.2 Å². The van der Waals surface area contributed by atoms with Crippen molar-refractivity contribution in [2.24, 2.45) is 0 Å². The predicted molar refractivity (Wildman–Crippen MR) is 206 cm³/mol. The van der Waals surface area contributed by atoms with E-state index in [0.29, 0.717) is 22.5 Å². The molecule has 0 aliphatic rings. The largest absolute Gasteiger partial charge is 0.480 e. The van der Waals surface area contributed by atoms with Crippen LogP contribution in [0.4, 0.5) is 0 Å². The molecule has 0 aliphatic heterocycles. The number of nitrogens with zero attached hydrogens (tertiary/aromatic N) is 1. The molecule has 2 aromatic rings. The van der Waals surface area contributed by atoms with Crippen LogP contribution >= 0.6 is 143 Å². The summed E-state index contributed by atoms with van der Waals surface area (Å²) in [5.41, 5.74) is 0. The van der Waals surface area contributed by atoms with Gasteiger partial charge in [0, 0.05) is 7.14 Å². The molecular formula is C24H27I6NO10P+. The van der Waals surface area contributed by atoms with Crippen molar-refractivity contribution in [1.82, 2.24) is 0 Å². The van der Waals surface area contributed by atoms with Crippen molar-refractivity contribution in [3.8, 4) is 11.5 Å². The minimum atomic E-state index is -4.58. The number of likely N-dealkylation sites (N-methyl/N-ethyl adjacent to an activating group) is 1. The number of hydrogen-bond acceptors (Lipinski definition) is 9. The molecule has 0 fully saturated rings. The molecular weight excluding hydrogens is 1250 g/mol. The topological polar surface area (TPSA) is 127 Å². The SMILES string of the molecule is C[N+](C)(C)CCOP(=O)(O)OC(COC(=O)COc1c(I)cc(I)cc1I)COC(=O)COc1c(I)cc(I)cc1I. The zero-order chi connectivity index (χ0) is 31.7. The van der Waals surface area contributed by atoms with E-state index in [2.05, 4.69) is 136 Å². The first kappa shape index (κ1) is 39.6. The zero-order valence-corrected chi connectivity index (χ0v) is 36.3. The maximum atomic E-state index is 12.6. The molecule has 0 aromatic heterocycles. The molecule has 1 atom stereocenters. The van der Waals surface area contributed by atoms with E-state index >= 15 is 0 Å². The second-order valence-corrected chi connectivity index (χ2v) is 17.9. The molecule has 0 heterocycles. The van der Waals surface area contributed by atoms with E-state index in [9.17, 15) is 19.0 Å². The summed E-state index contributed by atoms with van der Waals surface area (Å²) in [6.45, 7) is -1.43. The molecule has 0 spiro atoms. The normalized spacial score (nSPS) is 13.0. The van der Waals surface area contributed by atoms with Crippen LogP contribution < -0.4 is 9.47 Å². The van der Waals surface area contributed by atoms with Crippen LogP contribution in [0.5, 0.6) is 11.5 Å². The molecule has 0 saturated heterocycles. The van der Waals surface area contributed by atoms with Crippen LogP contribution in [0.25, 0.3) is 0 Å². The summed E-state index contributed by atoms with van der Waals surface area (Å²) in [6, 6.07) is 7.62. The Balaban J connectivity index is 1.99. The third kappa shape index (κ3) is 15.3. The van der Waals surface area contributed by atoms with E-state index in [1.807, 2.05) is 45.4 Å². The number of esters is 2. The third-order valence-electron chi connectivity index (χ3n) is 4.75.